The fourth-order valence-electron chi connectivity index (χ4n) is 4.12. The summed E-state index contributed by atoms with van der Waals surface area (Å²) in [6.07, 6.45) is 5.00. The van der Waals surface area contributed by atoms with Gasteiger partial charge in [-0.2, -0.15) is 5.10 Å². The van der Waals surface area contributed by atoms with E-state index in [0.717, 1.165) is 46.5 Å². The SMILES string of the molecule is O=C(NCCCOc1ccc2c(c1)c(-c1ccn(CCO)c1)nn2C1CCO1)OCc1ccccc1. The highest BCUT2D eigenvalue weighted by Crippen LogP contribution is 2.35. The molecule has 0 bridgehead atoms. The Bertz CT molecular complexity index is 1300. The number of carbonyl (C=O) groups excluding carboxylic acids is 1. The monoisotopic (exact) mass is 490 g/mol. The van der Waals surface area contributed by atoms with Gasteiger partial charge in [-0.05, 0) is 36.2 Å². The summed E-state index contributed by atoms with van der Waals surface area (Å²) in [5.74, 6) is 0.735. The molecule has 0 aliphatic carbocycles. The van der Waals surface area contributed by atoms with E-state index >= 15 is 0 Å². The number of aliphatic hydroxyl groups excluding tert-OH is 1. The number of aromatic nitrogens is 3. The molecule has 1 aliphatic heterocycles. The van der Waals surface area contributed by atoms with E-state index in [1.807, 2.05) is 76.2 Å². The zero-order valence-electron chi connectivity index (χ0n) is 20.0. The predicted octanol–water partition coefficient (Wildman–Crippen LogP) is 4.11. The van der Waals surface area contributed by atoms with Crippen molar-refractivity contribution >= 4 is 17.0 Å². The highest BCUT2D eigenvalue weighted by atomic mass is 16.5. The maximum absolute atomic E-state index is 11.9. The lowest BCUT2D eigenvalue weighted by Gasteiger charge is -2.27. The van der Waals surface area contributed by atoms with E-state index in [0.29, 0.717) is 26.1 Å². The first-order valence-corrected chi connectivity index (χ1v) is 12.2. The minimum absolute atomic E-state index is 0.0553. The average Bonchev–Trinajstić information content (AvgIpc) is 3.47. The van der Waals surface area contributed by atoms with Crippen LogP contribution in [0.5, 0.6) is 5.75 Å². The summed E-state index contributed by atoms with van der Waals surface area (Å²) in [6.45, 7) is 2.50. The summed E-state index contributed by atoms with van der Waals surface area (Å²) in [6, 6.07) is 17.5. The van der Waals surface area contributed by atoms with Gasteiger partial charge in [0.1, 0.15) is 18.1 Å². The van der Waals surface area contributed by atoms with Crippen LogP contribution < -0.4 is 10.1 Å². The first kappa shape index (κ1) is 23.9. The van der Waals surface area contributed by atoms with Crippen molar-refractivity contribution in [3.05, 3.63) is 72.6 Å². The number of rotatable bonds is 11. The van der Waals surface area contributed by atoms with Crippen molar-refractivity contribution in [1.29, 1.82) is 0 Å². The summed E-state index contributed by atoms with van der Waals surface area (Å²) in [4.78, 5) is 11.9. The fraction of sp³-hybridized carbons (Fsp3) is 0.333. The minimum atomic E-state index is -0.441. The highest BCUT2D eigenvalue weighted by Gasteiger charge is 2.25. The van der Waals surface area contributed by atoms with E-state index in [4.69, 9.17) is 19.3 Å². The molecule has 1 atom stereocenters. The maximum Gasteiger partial charge on any atom is 0.407 e. The maximum atomic E-state index is 11.9. The van der Waals surface area contributed by atoms with Gasteiger partial charge in [0.2, 0.25) is 0 Å². The van der Waals surface area contributed by atoms with Crippen molar-refractivity contribution in [1.82, 2.24) is 19.7 Å². The van der Waals surface area contributed by atoms with Gasteiger partial charge < -0.3 is 29.2 Å². The molecule has 1 unspecified atom stereocenters. The molecule has 5 rings (SSSR count). The smallest absolute Gasteiger partial charge is 0.407 e. The summed E-state index contributed by atoms with van der Waals surface area (Å²) in [5, 5.41) is 17.8. The van der Waals surface area contributed by atoms with Crippen molar-refractivity contribution in [2.45, 2.75) is 32.2 Å². The number of amides is 1. The van der Waals surface area contributed by atoms with Crippen LogP contribution in [0, 0.1) is 0 Å². The van der Waals surface area contributed by atoms with E-state index in [1.54, 1.807) is 0 Å². The molecular formula is C27H30N4O5. The molecule has 188 valence electrons. The van der Waals surface area contributed by atoms with Crippen LogP contribution in [0.3, 0.4) is 0 Å². The van der Waals surface area contributed by atoms with Gasteiger partial charge >= 0.3 is 6.09 Å². The van der Waals surface area contributed by atoms with E-state index in [2.05, 4.69) is 5.32 Å². The zero-order valence-corrected chi connectivity index (χ0v) is 20.0. The average molecular weight is 491 g/mol. The topological polar surface area (TPSA) is 99.8 Å². The van der Waals surface area contributed by atoms with Crippen LogP contribution in [0.15, 0.2) is 67.0 Å². The lowest BCUT2D eigenvalue weighted by molar-refractivity contribution is -0.104. The molecule has 0 spiro atoms. The standard InChI is InChI=1S/C27H30N4O5/c32-14-13-30-12-9-21(18-30)26-23-17-22(7-8-24(23)31(29-26)25-10-16-35-25)34-15-4-11-28-27(33)36-19-20-5-2-1-3-6-20/h1-3,5-9,12,17-18,25,32H,4,10-11,13-16,19H2,(H,28,33). The molecule has 2 aromatic carbocycles. The van der Waals surface area contributed by atoms with Crippen LogP contribution in [0.4, 0.5) is 4.79 Å². The molecule has 9 heteroatoms. The summed E-state index contributed by atoms with van der Waals surface area (Å²) in [5.41, 5.74) is 3.76. The Morgan fingerprint density at radius 1 is 1.19 bits per heavy atom. The van der Waals surface area contributed by atoms with Gasteiger partial charge in [0.15, 0.2) is 6.23 Å². The molecule has 1 saturated heterocycles. The first-order valence-electron chi connectivity index (χ1n) is 12.2. The Balaban J connectivity index is 1.19. The summed E-state index contributed by atoms with van der Waals surface area (Å²) < 4.78 is 20.8. The molecular weight excluding hydrogens is 460 g/mol. The van der Waals surface area contributed by atoms with Crippen molar-refractivity contribution in [2.24, 2.45) is 0 Å². The number of nitrogens with zero attached hydrogens (tertiary/aromatic N) is 3. The number of nitrogens with one attached hydrogen (secondary N) is 1. The normalized spacial score (nSPS) is 15.0. The molecule has 2 N–H and O–H groups in total. The van der Waals surface area contributed by atoms with Crippen LogP contribution in [0.2, 0.25) is 0 Å². The Morgan fingerprint density at radius 3 is 2.83 bits per heavy atom. The van der Waals surface area contributed by atoms with Crippen molar-refractivity contribution < 1.29 is 24.1 Å². The number of hydrogen-bond acceptors (Lipinski definition) is 6. The Labute approximate surface area is 209 Å². The van der Waals surface area contributed by atoms with Gasteiger partial charge in [0, 0.05) is 42.9 Å². The van der Waals surface area contributed by atoms with Gasteiger partial charge in [-0.25, -0.2) is 9.48 Å². The molecule has 1 amide bonds. The number of fused-ring (bicyclic) bond motifs is 1. The van der Waals surface area contributed by atoms with Gasteiger partial charge in [-0.3, -0.25) is 0 Å². The molecule has 1 aliphatic rings. The third-order valence-electron chi connectivity index (χ3n) is 6.08. The van der Waals surface area contributed by atoms with Gasteiger partial charge in [-0.1, -0.05) is 30.3 Å². The molecule has 0 saturated carbocycles. The fourth-order valence-corrected chi connectivity index (χ4v) is 4.12. The quantitative estimate of drug-likeness (QED) is 0.307. The zero-order chi connectivity index (χ0) is 24.7. The van der Waals surface area contributed by atoms with Crippen molar-refractivity contribution in [3.8, 4) is 17.0 Å². The minimum Gasteiger partial charge on any atom is -0.494 e. The van der Waals surface area contributed by atoms with Crippen LogP contribution in [0.25, 0.3) is 22.2 Å². The number of hydrogen-bond donors (Lipinski definition) is 2. The molecule has 9 nitrogen and oxygen atoms in total. The van der Waals surface area contributed by atoms with Gasteiger partial charge in [-0.15, -0.1) is 0 Å². The molecule has 1 fully saturated rings. The predicted molar refractivity (Wildman–Crippen MR) is 135 cm³/mol. The second-order valence-electron chi connectivity index (χ2n) is 8.64. The van der Waals surface area contributed by atoms with E-state index in [9.17, 15) is 9.90 Å². The summed E-state index contributed by atoms with van der Waals surface area (Å²) >= 11 is 0. The van der Waals surface area contributed by atoms with Crippen LogP contribution in [-0.2, 0) is 22.6 Å². The number of aliphatic hydroxyl groups is 1. The summed E-state index contributed by atoms with van der Waals surface area (Å²) in [7, 11) is 0. The number of carbonyl (C=O) groups is 1. The molecule has 3 heterocycles. The first-order chi connectivity index (χ1) is 17.7. The molecule has 2 aromatic heterocycles. The van der Waals surface area contributed by atoms with Crippen LogP contribution >= 0.6 is 0 Å². The number of alkyl carbamates (subject to hydrolysis) is 1. The van der Waals surface area contributed by atoms with Crippen molar-refractivity contribution in [3.63, 3.8) is 0 Å². The third-order valence-corrected chi connectivity index (χ3v) is 6.08. The van der Waals surface area contributed by atoms with E-state index < -0.39 is 6.09 Å². The van der Waals surface area contributed by atoms with Crippen LogP contribution in [-0.4, -0.2) is 51.9 Å². The largest absolute Gasteiger partial charge is 0.494 e. The number of benzene rings is 2. The van der Waals surface area contributed by atoms with Gasteiger partial charge in [0.25, 0.3) is 0 Å². The second-order valence-corrected chi connectivity index (χ2v) is 8.64. The molecule has 0 radical (unpaired) electrons. The third kappa shape index (κ3) is 5.53. The lowest BCUT2D eigenvalue weighted by atomic mass is 10.1. The van der Waals surface area contributed by atoms with E-state index in [1.165, 1.54) is 0 Å². The Morgan fingerprint density at radius 2 is 2.06 bits per heavy atom. The second kappa shape index (κ2) is 11.3. The Kier molecular flexibility index (Phi) is 7.49. The molecule has 4 aromatic rings. The van der Waals surface area contributed by atoms with Crippen LogP contribution in [0.1, 0.15) is 24.6 Å². The van der Waals surface area contributed by atoms with Gasteiger partial charge in [0.05, 0.1) is 25.3 Å². The highest BCUT2D eigenvalue weighted by molar-refractivity contribution is 5.94. The molecule has 36 heavy (non-hydrogen) atoms. The Hall–Kier alpha value is -3.82. The number of ether oxygens (including phenoxy) is 3. The lowest BCUT2D eigenvalue weighted by Crippen LogP contribution is -2.26. The van der Waals surface area contributed by atoms with Crippen molar-refractivity contribution in [2.75, 3.05) is 26.4 Å². The van der Waals surface area contributed by atoms with E-state index in [-0.39, 0.29) is 19.4 Å².